The predicted molar refractivity (Wildman–Crippen MR) is 127 cm³/mol. The van der Waals surface area contributed by atoms with Gasteiger partial charge in [-0.1, -0.05) is 48.0 Å². The molecule has 5 nitrogen and oxygen atoms in total. The third-order valence-corrected chi connectivity index (χ3v) is 6.10. The molecule has 3 aromatic rings. The van der Waals surface area contributed by atoms with E-state index in [1.165, 1.54) is 0 Å². The maximum absolute atomic E-state index is 13.1. The second-order valence-corrected chi connectivity index (χ2v) is 8.46. The summed E-state index contributed by atoms with van der Waals surface area (Å²) in [4.78, 5) is 20.0. The van der Waals surface area contributed by atoms with Gasteiger partial charge in [0.25, 0.3) is 0 Å². The molecule has 2 heterocycles. The van der Waals surface area contributed by atoms with Crippen molar-refractivity contribution in [3.8, 4) is 5.75 Å². The molecule has 166 valence electrons. The van der Waals surface area contributed by atoms with Gasteiger partial charge in [0.05, 0.1) is 11.7 Å². The van der Waals surface area contributed by atoms with Gasteiger partial charge in [-0.15, -0.1) is 0 Å². The number of pyridine rings is 1. The summed E-state index contributed by atoms with van der Waals surface area (Å²) in [6.45, 7) is 3.31. The van der Waals surface area contributed by atoms with E-state index in [1.807, 2.05) is 72.8 Å². The minimum Gasteiger partial charge on any atom is -0.492 e. The number of carbonyl (C=O) groups excluding carboxylic acids is 1. The SMILES string of the molecule is O=C(N[C@H](c1ccc(Cl)cc1)c1ccccn1)C1CCN(CCOc2ccccc2)CC1. The van der Waals surface area contributed by atoms with E-state index in [1.54, 1.807) is 6.20 Å². The summed E-state index contributed by atoms with van der Waals surface area (Å²) in [6.07, 6.45) is 3.43. The van der Waals surface area contributed by atoms with E-state index < -0.39 is 0 Å². The third-order valence-electron chi connectivity index (χ3n) is 5.85. The summed E-state index contributed by atoms with van der Waals surface area (Å²) in [7, 11) is 0. The number of para-hydroxylation sites is 1. The van der Waals surface area contributed by atoms with E-state index in [0.717, 1.165) is 49.5 Å². The smallest absolute Gasteiger partial charge is 0.224 e. The van der Waals surface area contributed by atoms with Crippen molar-refractivity contribution in [3.05, 3.63) is 95.3 Å². The number of rotatable bonds is 8. The molecule has 1 aromatic heterocycles. The molecule has 6 heteroatoms. The molecule has 1 aliphatic heterocycles. The van der Waals surface area contributed by atoms with Crippen LogP contribution in [0.15, 0.2) is 79.0 Å². The minimum atomic E-state index is -0.293. The topological polar surface area (TPSA) is 54.5 Å². The van der Waals surface area contributed by atoms with Crippen LogP contribution in [-0.2, 0) is 4.79 Å². The molecule has 1 aliphatic rings. The number of ether oxygens (including phenoxy) is 1. The molecule has 4 rings (SSSR count). The number of hydrogen-bond acceptors (Lipinski definition) is 4. The second kappa shape index (κ2) is 11.1. The fraction of sp³-hybridized carbons (Fsp3) is 0.308. The highest BCUT2D eigenvalue weighted by atomic mass is 35.5. The van der Waals surface area contributed by atoms with Crippen molar-refractivity contribution >= 4 is 17.5 Å². The Morgan fingerprint density at radius 3 is 2.44 bits per heavy atom. The molecule has 0 bridgehead atoms. The molecule has 1 fully saturated rings. The number of halogens is 1. The Kier molecular flexibility index (Phi) is 7.75. The molecule has 0 radical (unpaired) electrons. The Bertz CT molecular complexity index is 975. The van der Waals surface area contributed by atoms with Crippen LogP contribution in [0.2, 0.25) is 5.02 Å². The van der Waals surface area contributed by atoms with Crippen molar-refractivity contribution in [1.29, 1.82) is 0 Å². The van der Waals surface area contributed by atoms with E-state index in [0.29, 0.717) is 11.6 Å². The molecule has 1 atom stereocenters. The van der Waals surface area contributed by atoms with Crippen molar-refractivity contribution in [2.45, 2.75) is 18.9 Å². The molecular formula is C26H28ClN3O2. The maximum atomic E-state index is 13.1. The number of benzene rings is 2. The van der Waals surface area contributed by atoms with Crippen molar-refractivity contribution in [1.82, 2.24) is 15.2 Å². The zero-order chi connectivity index (χ0) is 22.2. The van der Waals surface area contributed by atoms with Gasteiger partial charge in [-0.25, -0.2) is 0 Å². The first kappa shape index (κ1) is 22.3. The zero-order valence-electron chi connectivity index (χ0n) is 18.0. The van der Waals surface area contributed by atoms with Crippen LogP contribution < -0.4 is 10.1 Å². The van der Waals surface area contributed by atoms with Crippen LogP contribution in [0.5, 0.6) is 5.75 Å². The number of nitrogens with zero attached hydrogens (tertiary/aromatic N) is 2. The molecule has 0 saturated carbocycles. The van der Waals surface area contributed by atoms with Gasteiger partial charge in [0.1, 0.15) is 12.4 Å². The number of carbonyl (C=O) groups is 1. The molecule has 1 saturated heterocycles. The third kappa shape index (κ3) is 6.09. The lowest BCUT2D eigenvalue weighted by atomic mass is 9.94. The standard InChI is InChI=1S/C26H28ClN3O2/c27-22-11-9-20(10-12-22)25(24-8-4-5-15-28-24)29-26(31)21-13-16-30(17-14-21)18-19-32-23-6-2-1-3-7-23/h1-12,15,21,25H,13-14,16-19H2,(H,29,31)/t25-/m1/s1. The normalized spacial score (nSPS) is 15.8. The fourth-order valence-electron chi connectivity index (χ4n) is 4.02. The van der Waals surface area contributed by atoms with E-state index in [9.17, 15) is 4.79 Å². The molecular weight excluding hydrogens is 422 g/mol. The largest absolute Gasteiger partial charge is 0.492 e. The van der Waals surface area contributed by atoms with Crippen molar-refractivity contribution in [3.63, 3.8) is 0 Å². The van der Waals surface area contributed by atoms with Crippen molar-refractivity contribution in [2.24, 2.45) is 5.92 Å². The van der Waals surface area contributed by atoms with Gasteiger partial charge in [-0.3, -0.25) is 14.7 Å². The van der Waals surface area contributed by atoms with E-state index in [4.69, 9.17) is 16.3 Å². The Morgan fingerprint density at radius 2 is 1.75 bits per heavy atom. The second-order valence-electron chi connectivity index (χ2n) is 8.03. The summed E-state index contributed by atoms with van der Waals surface area (Å²) in [5.41, 5.74) is 1.79. The molecule has 32 heavy (non-hydrogen) atoms. The molecule has 0 spiro atoms. The summed E-state index contributed by atoms with van der Waals surface area (Å²) < 4.78 is 5.80. The highest BCUT2D eigenvalue weighted by molar-refractivity contribution is 6.30. The van der Waals surface area contributed by atoms with Crippen molar-refractivity contribution < 1.29 is 9.53 Å². The van der Waals surface area contributed by atoms with Crippen LogP contribution in [0.25, 0.3) is 0 Å². The van der Waals surface area contributed by atoms with Gasteiger partial charge >= 0.3 is 0 Å². The van der Waals surface area contributed by atoms with Gasteiger partial charge < -0.3 is 10.1 Å². The van der Waals surface area contributed by atoms with Gasteiger partial charge in [0, 0.05) is 23.7 Å². The highest BCUT2D eigenvalue weighted by Gasteiger charge is 2.27. The monoisotopic (exact) mass is 449 g/mol. The Balaban J connectivity index is 1.31. The number of amides is 1. The number of piperidine rings is 1. The van der Waals surface area contributed by atoms with Crippen LogP contribution in [0.4, 0.5) is 0 Å². The minimum absolute atomic E-state index is 0.000181. The molecule has 0 unspecified atom stereocenters. The number of nitrogens with one attached hydrogen (secondary N) is 1. The predicted octanol–water partition coefficient (Wildman–Crippen LogP) is 4.73. The first-order valence-corrected chi connectivity index (χ1v) is 11.4. The lowest BCUT2D eigenvalue weighted by Gasteiger charge is -2.32. The first-order valence-electron chi connectivity index (χ1n) is 11.1. The van der Waals surface area contributed by atoms with Crippen molar-refractivity contribution in [2.75, 3.05) is 26.2 Å². The quantitative estimate of drug-likeness (QED) is 0.540. The van der Waals surface area contributed by atoms with Crippen LogP contribution in [-0.4, -0.2) is 42.0 Å². The molecule has 1 N–H and O–H groups in total. The van der Waals surface area contributed by atoms with Gasteiger partial charge in [0.2, 0.25) is 5.91 Å². The Labute approximate surface area is 194 Å². The van der Waals surface area contributed by atoms with E-state index in [2.05, 4.69) is 15.2 Å². The fourth-order valence-corrected chi connectivity index (χ4v) is 4.14. The lowest BCUT2D eigenvalue weighted by molar-refractivity contribution is -0.127. The van der Waals surface area contributed by atoms with Gasteiger partial charge in [-0.05, 0) is 67.9 Å². The summed E-state index contributed by atoms with van der Waals surface area (Å²) in [5, 5.41) is 3.90. The van der Waals surface area contributed by atoms with Gasteiger partial charge in [0.15, 0.2) is 0 Å². The number of likely N-dealkylation sites (tertiary alicyclic amines) is 1. The summed E-state index contributed by atoms with van der Waals surface area (Å²) in [6, 6.07) is 22.9. The highest BCUT2D eigenvalue weighted by Crippen LogP contribution is 2.24. The molecule has 1 amide bonds. The Morgan fingerprint density at radius 1 is 1.03 bits per heavy atom. The van der Waals surface area contributed by atoms with E-state index in [-0.39, 0.29) is 17.9 Å². The zero-order valence-corrected chi connectivity index (χ0v) is 18.7. The lowest BCUT2D eigenvalue weighted by Crippen LogP contribution is -2.42. The molecule has 2 aromatic carbocycles. The summed E-state index contributed by atoms with van der Waals surface area (Å²) in [5.74, 6) is 0.972. The Hall–Kier alpha value is -2.89. The summed E-state index contributed by atoms with van der Waals surface area (Å²) >= 11 is 6.06. The van der Waals surface area contributed by atoms with Crippen LogP contribution in [0.1, 0.15) is 30.1 Å². The average molecular weight is 450 g/mol. The van der Waals surface area contributed by atoms with Crippen LogP contribution in [0.3, 0.4) is 0 Å². The van der Waals surface area contributed by atoms with E-state index >= 15 is 0 Å². The van der Waals surface area contributed by atoms with Crippen LogP contribution >= 0.6 is 11.6 Å². The van der Waals surface area contributed by atoms with Gasteiger partial charge in [-0.2, -0.15) is 0 Å². The first-order chi connectivity index (χ1) is 15.7. The number of aromatic nitrogens is 1. The average Bonchev–Trinajstić information content (AvgIpc) is 2.85. The number of hydrogen-bond donors (Lipinski definition) is 1. The van der Waals surface area contributed by atoms with Crippen LogP contribution in [0, 0.1) is 5.92 Å². The maximum Gasteiger partial charge on any atom is 0.224 e. The molecule has 0 aliphatic carbocycles.